The van der Waals surface area contributed by atoms with Crippen molar-refractivity contribution in [3.63, 3.8) is 0 Å². The second-order valence-corrected chi connectivity index (χ2v) is 3.26. The van der Waals surface area contributed by atoms with Crippen LogP contribution in [0.1, 0.15) is 5.56 Å². The molecule has 0 amide bonds. The molecule has 76 valence electrons. The molecular formula is C11H10N2O2. The first-order valence-corrected chi connectivity index (χ1v) is 4.49. The number of carboxylic acids is 1. The Balaban J connectivity index is 2.43. The van der Waals surface area contributed by atoms with Gasteiger partial charge in [-0.2, -0.15) is 5.10 Å². The molecule has 4 heteroatoms. The molecule has 0 aliphatic heterocycles. The molecule has 1 N–H and O–H groups in total. The summed E-state index contributed by atoms with van der Waals surface area (Å²) in [7, 11) is 1.87. The Morgan fingerprint density at radius 1 is 1.53 bits per heavy atom. The zero-order chi connectivity index (χ0) is 10.8. The van der Waals surface area contributed by atoms with Crippen molar-refractivity contribution >= 4 is 22.9 Å². The minimum atomic E-state index is -0.943. The first kappa shape index (κ1) is 9.45. The number of aryl methyl sites for hydroxylation is 1. The van der Waals surface area contributed by atoms with E-state index in [9.17, 15) is 4.79 Å². The average Bonchev–Trinajstić information content (AvgIpc) is 2.57. The number of aliphatic carboxylic acids is 1. The molecule has 0 saturated heterocycles. The molecule has 0 aliphatic rings. The van der Waals surface area contributed by atoms with E-state index in [-0.39, 0.29) is 0 Å². The van der Waals surface area contributed by atoms with E-state index >= 15 is 0 Å². The van der Waals surface area contributed by atoms with E-state index in [1.54, 1.807) is 17.0 Å². The standard InChI is InChI=1S/C11H10N2O2/c1-13-10-4-2-8(3-5-11(14)15)6-9(10)7-12-13/h2-7H,1H3,(H,14,15). The van der Waals surface area contributed by atoms with Crippen LogP contribution in [0, 0.1) is 0 Å². The van der Waals surface area contributed by atoms with E-state index in [2.05, 4.69) is 5.10 Å². The second-order valence-electron chi connectivity index (χ2n) is 3.26. The van der Waals surface area contributed by atoms with Gasteiger partial charge < -0.3 is 5.11 Å². The number of carbonyl (C=O) groups is 1. The monoisotopic (exact) mass is 202 g/mol. The fourth-order valence-corrected chi connectivity index (χ4v) is 1.45. The zero-order valence-electron chi connectivity index (χ0n) is 8.21. The summed E-state index contributed by atoms with van der Waals surface area (Å²) >= 11 is 0. The highest BCUT2D eigenvalue weighted by Gasteiger charge is 1.98. The predicted molar refractivity (Wildman–Crippen MR) is 57.4 cm³/mol. The van der Waals surface area contributed by atoms with Crippen LogP contribution in [0.25, 0.3) is 17.0 Å². The van der Waals surface area contributed by atoms with Gasteiger partial charge >= 0.3 is 5.97 Å². The molecule has 0 saturated carbocycles. The van der Waals surface area contributed by atoms with Crippen molar-refractivity contribution in [2.75, 3.05) is 0 Å². The Morgan fingerprint density at radius 2 is 2.33 bits per heavy atom. The number of benzene rings is 1. The summed E-state index contributed by atoms with van der Waals surface area (Å²) in [5, 5.41) is 13.6. The second kappa shape index (κ2) is 3.57. The third-order valence-corrected chi connectivity index (χ3v) is 2.19. The summed E-state index contributed by atoms with van der Waals surface area (Å²) in [6.45, 7) is 0. The molecule has 2 rings (SSSR count). The lowest BCUT2D eigenvalue weighted by atomic mass is 10.1. The van der Waals surface area contributed by atoms with E-state index in [4.69, 9.17) is 5.11 Å². The van der Waals surface area contributed by atoms with Gasteiger partial charge in [0.1, 0.15) is 0 Å². The van der Waals surface area contributed by atoms with Crippen LogP contribution in [0.2, 0.25) is 0 Å². The van der Waals surface area contributed by atoms with E-state index in [0.717, 1.165) is 22.5 Å². The number of rotatable bonds is 2. The fraction of sp³-hybridized carbons (Fsp3) is 0.0909. The topological polar surface area (TPSA) is 55.1 Å². The maximum absolute atomic E-state index is 10.3. The van der Waals surface area contributed by atoms with Gasteiger partial charge in [-0.1, -0.05) is 6.07 Å². The smallest absolute Gasteiger partial charge is 0.328 e. The van der Waals surface area contributed by atoms with Gasteiger partial charge in [0, 0.05) is 18.5 Å². The molecule has 2 aromatic rings. The fourth-order valence-electron chi connectivity index (χ4n) is 1.45. The maximum atomic E-state index is 10.3. The van der Waals surface area contributed by atoms with Gasteiger partial charge in [-0.05, 0) is 23.8 Å². The van der Waals surface area contributed by atoms with Crippen LogP contribution >= 0.6 is 0 Å². The molecule has 0 fully saturated rings. The molecule has 0 aliphatic carbocycles. The lowest BCUT2D eigenvalue weighted by Crippen LogP contribution is -1.88. The number of aromatic nitrogens is 2. The van der Waals surface area contributed by atoms with Gasteiger partial charge in [-0.25, -0.2) is 4.79 Å². The third-order valence-electron chi connectivity index (χ3n) is 2.19. The number of hydrogen-bond donors (Lipinski definition) is 1. The summed E-state index contributed by atoms with van der Waals surface area (Å²) in [6, 6.07) is 5.69. The summed E-state index contributed by atoms with van der Waals surface area (Å²) in [5.74, 6) is -0.943. The summed E-state index contributed by atoms with van der Waals surface area (Å²) in [6.07, 6.45) is 4.44. The van der Waals surface area contributed by atoms with Crippen LogP contribution in [0.5, 0.6) is 0 Å². The minimum absolute atomic E-state index is 0.859. The summed E-state index contributed by atoms with van der Waals surface area (Å²) in [5.41, 5.74) is 1.89. The van der Waals surface area contributed by atoms with Crippen LogP contribution in [-0.2, 0) is 11.8 Å². The summed E-state index contributed by atoms with van der Waals surface area (Å²) in [4.78, 5) is 10.3. The lowest BCUT2D eigenvalue weighted by Gasteiger charge is -1.95. The van der Waals surface area contributed by atoms with Crippen molar-refractivity contribution < 1.29 is 9.90 Å². The first-order chi connectivity index (χ1) is 7.16. The highest BCUT2D eigenvalue weighted by molar-refractivity contribution is 5.87. The molecule has 0 unspecified atom stereocenters. The van der Waals surface area contributed by atoms with Crippen LogP contribution in [0.15, 0.2) is 30.5 Å². The quantitative estimate of drug-likeness (QED) is 0.753. The van der Waals surface area contributed by atoms with Crippen LogP contribution in [0.4, 0.5) is 0 Å². The Labute approximate surface area is 86.4 Å². The van der Waals surface area contributed by atoms with Crippen LogP contribution < -0.4 is 0 Å². The molecule has 1 aromatic heterocycles. The maximum Gasteiger partial charge on any atom is 0.328 e. The van der Waals surface area contributed by atoms with Crippen molar-refractivity contribution in [3.05, 3.63) is 36.0 Å². The van der Waals surface area contributed by atoms with Crippen molar-refractivity contribution in [2.24, 2.45) is 7.05 Å². The molecule has 15 heavy (non-hydrogen) atoms. The number of fused-ring (bicyclic) bond motifs is 1. The Morgan fingerprint density at radius 3 is 3.07 bits per heavy atom. The average molecular weight is 202 g/mol. The molecular weight excluding hydrogens is 192 g/mol. The third kappa shape index (κ3) is 1.88. The van der Waals surface area contributed by atoms with Crippen molar-refractivity contribution in [2.45, 2.75) is 0 Å². The van der Waals surface area contributed by atoms with E-state index in [1.807, 2.05) is 25.2 Å². The minimum Gasteiger partial charge on any atom is -0.478 e. The molecule has 0 spiro atoms. The van der Waals surface area contributed by atoms with Crippen LogP contribution in [-0.4, -0.2) is 20.9 Å². The molecule has 0 atom stereocenters. The lowest BCUT2D eigenvalue weighted by molar-refractivity contribution is -0.131. The van der Waals surface area contributed by atoms with E-state index in [1.165, 1.54) is 0 Å². The Kier molecular flexibility index (Phi) is 2.25. The summed E-state index contributed by atoms with van der Waals surface area (Å²) < 4.78 is 1.78. The van der Waals surface area contributed by atoms with Gasteiger partial charge in [0.2, 0.25) is 0 Å². The number of nitrogens with zero attached hydrogens (tertiary/aromatic N) is 2. The highest BCUT2D eigenvalue weighted by atomic mass is 16.4. The zero-order valence-corrected chi connectivity index (χ0v) is 8.21. The van der Waals surface area contributed by atoms with Crippen molar-refractivity contribution in [3.8, 4) is 0 Å². The van der Waals surface area contributed by atoms with E-state index < -0.39 is 5.97 Å². The van der Waals surface area contributed by atoms with Crippen molar-refractivity contribution in [1.29, 1.82) is 0 Å². The number of hydrogen-bond acceptors (Lipinski definition) is 2. The molecule has 4 nitrogen and oxygen atoms in total. The van der Waals surface area contributed by atoms with Gasteiger partial charge in [0.25, 0.3) is 0 Å². The highest BCUT2D eigenvalue weighted by Crippen LogP contribution is 2.15. The molecule has 0 bridgehead atoms. The predicted octanol–water partition coefficient (Wildman–Crippen LogP) is 1.67. The van der Waals surface area contributed by atoms with Gasteiger partial charge in [0.15, 0.2) is 0 Å². The SMILES string of the molecule is Cn1ncc2cc(C=CC(=O)O)ccc21. The van der Waals surface area contributed by atoms with Gasteiger partial charge in [-0.15, -0.1) is 0 Å². The Bertz CT molecular complexity index is 541. The molecule has 0 radical (unpaired) electrons. The largest absolute Gasteiger partial charge is 0.478 e. The Hall–Kier alpha value is -2.10. The molecule has 1 aromatic carbocycles. The van der Waals surface area contributed by atoms with Crippen LogP contribution in [0.3, 0.4) is 0 Å². The van der Waals surface area contributed by atoms with Crippen molar-refractivity contribution in [1.82, 2.24) is 9.78 Å². The van der Waals surface area contributed by atoms with Gasteiger partial charge in [-0.3, -0.25) is 4.68 Å². The first-order valence-electron chi connectivity index (χ1n) is 4.49. The normalized spacial score (nSPS) is 11.3. The van der Waals surface area contributed by atoms with Gasteiger partial charge in [0.05, 0.1) is 11.7 Å². The molecule has 1 heterocycles. The number of carboxylic acid groups (broad SMARTS) is 1. The van der Waals surface area contributed by atoms with E-state index in [0.29, 0.717) is 0 Å².